The van der Waals surface area contributed by atoms with E-state index in [-0.39, 0.29) is 16.8 Å². The second-order valence-electron chi connectivity index (χ2n) is 5.99. The summed E-state index contributed by atoms with van der Waals surface area (Å²) in [5.74, 6) is -0.324. The van der Waals surface area contributed by atoms with Crippen LogP contribution in [0.15, 0.2) is 53.4 Å². The molecule has 0 saturated heterocycles. The summed E-state index contributed by atoms with van der Waals surface area (Å²) in [5, 5.41) is 2.81. The van der Waals surface area contributed by atoms with E-state index in [9.17, 15) is 21.6 Å². The Labute approximate surface area is 153 Å². The molecule has 0 saturated carbocycles. The third kappa shape index (κ3) is 5.57. The summed E-state index contributed by atoms with van der Waals surface area (Å²) in [6, 6.07) is 12.0. The van der Waals surface area contributed by atoms with E-state index in [1.54, 1.807) is 19.1 Å². The zero-order valence-electron chi connectivity index (χ0n) is 14.6. The second kappa shape index (κ2) is 7.46. The van der Waals surface area contributed by atoms with Crippen LogP contribution < -0.4 is 10.0 Å². The van der Waals surface area contributed by atoms with E-state index in [4.69, 9.17) is 0 Å². The van der Waals surface area contributed by atoms with Gasteiger partial charge in [-0.1, -0.05) is 12.1 Å². The number of sulfone groups is 1. The molecule has 0 bridgehead atoms. The maximum Gasteiger partial charge on any atom is 0.251 e. The highest BCUT2D eigenvalue weighted by molar-refractivity contribution is 7.92. The van der Waals surface area contributed by atoms with E-state index >= 15 is 0 Å². The highest BCUT2D eigenvalue weighted by atomic mass is 32.2. The summed E-state index contributed by atoms with van der Waals surface area (Å²) >= 11 is 0. The number of hydrogen-bond donors (Lipinski definition) is 2. The molecular formula is C17H20N2O5S2. The third-order valence-corrected chi connectivity index (χ3v) is 5.34. The number of hydrogen-bond acceptors (Lipinski definition) is 5. The average molecular weight is 396 g/mol. The summed E-state index contributed by atoms with van der Waals surface area (Å²) < 4.78 is 47.6. The molecule has 7 nitrogen and oxygen atoms in total. The number of carbonyl (C=O) groups excluding carboxylic acids is 1. The van der Waals surface area contributed by atoms with E-state index < -0.39 is 19.9 Å². The maximum absolute atomic E-state index is 12.3. The Bertz CT molecular complexity index is 996. The van der Waals surface area contributed by atoms with E-state index in [1.165, 1.54) is 36.4 Å². The molecule has 9 heteroatoms. The Balaban J connectivity index is 2.07. The van der Waals surface area contributed by atoms with Gasteiger partial charge >= 0.3 is 0 Å². The molecule has 0 fully saturated rings. The standard InChI is InChI=1S/C17H20N2O5S2/c1-12(13-6-10-16(11-7-13)25(2,21)22)18-17(20)14-4-8-15(9-5-14)19-26(3,23)24/h4-12,19H,1-3H3,(H,18,20)/t12-/m0/s1. The molecule has 0 unspecified atom stereocenters. The lowest BCUT2D eigenvalue weighted by Gasteiger charge is -2.15. The molecule has 2 aromatic carbocycles. The summed E-state index contributed by atoms with van der Waals surface area (Å²) in [7, 11) is -6.64. The molecule has 26 heavy (non-hydrogen) atoms. The highest BCUT2D eigenvalue weighted by Gasteiger charge is 2.13. The molecule has 2 N–H and O–H groups in total. The van der Waals surface area contributed by atoms with E-state index in [0.29, 0.717) is 11.3 Å². The zero-order valence-corrected chi connectivity index (χ0v) is 16.2. The molecule has 0 spiro atoms. The molecule has 1 amide bonds. The van der Waals surface area contributed by atoms with Gasteiger partial charge in [-0.25, -0.2) is 16.8 Å². The van der Waals surface area contributed by atoms with Crippen molar-refractivity contribution in [1.29, 1.82) is 0 Å². The number of anilines is 1. The van der Waals surface area contributed by atoms with E-state index in [2.05, 4.69) is 10.0 Å². The van der Waals surface area contributed by atoms with Gasteiger partial charge in [0.05, 0.1) is 17.2 Å². The molecule has 2 aromatic rings. The highest BCUT2D eigenvalue weighted by Crippen LogP contribution is 2.17. The smallest absolute Gasteiger partial charge is 0.251 e. The SMILES string of the molecule is C[C@H](NC(=O)c1ccc(NS(C)(=O)=O)cc1)c1ccc(S(C)(=O)=O)cc1. The molecule has 0 aliphatic heterocycles. The lowest BCUT2D eigenvalue weighted by atomic mass is 10.1. The van der Waals surface area contributed by atoms with Crippen molar-refractivity contribution in [2.75, 3.05) is 17.2 Å². The Morgan fingerprint density at radius 2 is 1.42 bits per heavy atom. The monoisotopic (exact) mass is 396 g/mol. The fourth-order valence-electron chi connectivity index (χ4n) is 2.27. The molecule has 1 atom stereocenters. The Morgan fingerprint density at radius 3 is 1.88 bits per heavy atom. The first-order valence-corrected chi connectivity index (χ1v) is 11.4. The number of benzene rings is 2. The van der Waals surface area contributed by atoms with Gasteiger partial charge in [-0.05, 0) is 48.9 Å². The normalized spacial score (nSPS) is 13.0. The van der Waals surface area contributed by atoms with Gasteiger partial charge in [-0.2, -0.15) is 0 Å². The minimum atomic E-state index is -3.37. The van der Waals surface area contributed by atoms with Crippen molar-refractivity contribution >= 4 is 31.5 Å². The molecule has 0 aliphatic rings. The predicted molar refractivity (Wildman–Crippen MR) is 100 cm³/mol. The third-order valence-electron chi connectivity index (χ3n) is 3.61. The van der Waals surface area contributed by atoms with E-state index in [1.807, 2.05) is 0 Å². The molecule has 140 valence electrons. The van der Waals surface area contributed by atoms with Gasteiger partial charge in [0.2, 0.25) is 10.0 Å². The van der Waals surface area contributed by atoms with Crippen LogP contribution in [0, 0.1) is 0 Å². The van der Waals surface area contributed by atoms with Gasteiger partial charge in [-0.3, -0.25) is 9.52 Å². The van der Waals surface area contributed by atoms with Crippen LogP contribution in [0.3, 0.4) is 0 Å². The van der Waals surface area contributed by atoms with Crippen LogP contribution in [0.4, 0.5) is 5.69 Å². The van der Waals surface area contributed by atoms with Crippen molar-refractivity contribution in [3.05, 3.63) is 59.7 Å². The van der Waals surface area contributed by atoms with Crippen LogP contribution in [0.2, 0.25) is 0 Å². The summed E-state index contributed by atoms with van der Waals surface area (Å²) in [6.45, 7) is 1.78. The number of sulfonamides is 1. The van der Waals surface area contributed by atoms with Gasteiger partial charge < -0.3 is 5.32 Å². The molecule has 2 rings (SSSR count). The maximum atomic E-state index is 12.3. The van der Waals surface area contributed by atoms with Crippen molar-refractivity contribution in [1.82, 2.24) is 5.32 Å². The molecule has 0 aliphatic carbocycles. The van der Waals surface area contributed by atoms with Crippen molar-refractivity contribution in [2.45, 2.75) is 17.9 Å². The first kappa shape index (κ1) is 19.9. The lowest BCUT2D eigenvalue weighted by molar-refractivity contribution is 0.0940. The van der Waals surface area contributed by atoms with Gasteiger partial charge in [0.15, 0.2) is 9.84 Å². The van der Waals surface area contributed by atoms with Gasteiger partial charge in [0.1, 0.15) is 0 Å². The molecule has 0 radical (unpaired) electrons. The Hall–Kier alpha value is -2.39. The number of carbonyl (C=O) groups is 1. The Kier molecular flexibility index (Phi) is 5.72. The lowest BCUT2D eigenvalue weighted by Crippen LogP contribution is -2.26. The van der Waals surface area contributed by atoms with Crippen LogP contribution >= 0.6 is 0 Å². The van der Waals surface area contributed by atoms with Crippen molar-refractivity contribution in [3.63, 3.8) is 0 Å². The number of nitrogens with one attached hydrogen (secondary N) is 2. The van der Waals surface area contributed by atoms with Crippen LogP contribution in [-0.4, -0.2) is 35.3 Å². The topological polar surface area (TPSA) is 109 Å². The molecule has 0 aromatic heterocycles. The second-order valence-corrected chi connectivity index (χ2v) is 9.75. The number of rotatable bonds is 6. The first-order valence-electron chi connectivity index (χ1n) is 7.64. The van der Waals surface area contributed by atoms with Gasteiger partial charge in [0.25, 0.3) is 5.91 Å². The first-order chi connectivity index (χ1) is 12.0. The molecular weight excluding hydrogens is 376 g/mol. The van der Waals surface area contributed by atoms with Crippen LogP contribution in [0.25, 0.3) is 0 Å². The van der Waals surface area contributed by atoms with Crippen molar-refractivity contribution < 1.29 is 21.6 Å². The van der Waals surface area contributed by atoms with Crippen LogP contribution in [-0.2, 0) is 19.9 Å². The summed E-state index contributed by atoms with van der Waals surface area (Å²) in [5.41, 5.74) is 1.51. The average Bonchev–Trinajstić information content (AvgIpc) is 2.53. The molecule has 0 heterocycles. The largest absolute Gasteiger partial charge is 0.346 e. The fraction of sp³-hybridized carbons (Fsp3) is 0.235. The fourth-order valence-corrected chi connectivity index (χ4v) is 3.47. The minimum absolute atomic E-state index is 0.216. The van der Waals surface area contributed by atoms with Crippen molar-refractivity contribution in [3.8, 4) is 0 Å². The van der Waals surface area contributed by atoms with Crippen molar-refractivity contribution in [2.24, 2.45) is 0 Å². The summed E-state index contributed by atoms with van der Waals surface area (Å²) in [6.07, 6.45) is 2.18. The van der Waals surface area contributed by atoms with Gasteiger partial charge in [-0.15, -0.1) is 0 Å². The van der Waals surface area contributed by atoms with Gasteiger partial charge in [0, 0.05) is 17.5 Å². The zero-order chi connectivity index (χ0) is 19.5. The van der Waals surface area contributed by atoms with E-state index in [0.717, 1.165) is 18.1 Å². The van der Waals surface area contributed by atoms with Crippen LogP contribution in [0.5, 0.6) is 0 Å². The van der Waals surface area contributed by atoms with Crippen LogP contribution in [0.1, 0.15) is 28.9 Å². The number of amides is 1. The quantitative estimate of drug-likeness (QED) is 0.776. The minimum Gasteiger partial charge on any atom is -0.346 e. The summed E-state index contributed by atoms with van der Waals surface area (Å²) in [4.78, 5) is 12.5. The predicted octanol–water partition coefficient (Wildman–Crippen LogP) is 1.95. The Morgan fingerprint density at radius 1 is 0.885 bits per heavy atom.